The molecule has 2 aliphatic rings. The molecule has 0 saturated heterocycles. The summed E-state index contributed by atoms with van der Waals surface area (Å²) in [6.07, 6.45) is -3.27. The fourth-order valence-corrected chi connectivity index (χ4v) is 3.45. The Morgan fingerprint density at radius 1 is 1.43 bits per heavy atom. The highest BCUT2D eigenvalue weighted by atomic mass is 35.5. The maximum absolute atomic E-state index is 15.8. The summed E-state index contributed by atoms with van der Waals surface area (Å²) in [5, 5.41) is 4.88. The zero-order valence-electron chi connectivity index (χ0n) is 15.2. The molecule has 2 aliphatic heterocycles. The van der Waals surface area contributed by atoms with Gasteiger partial charge in [-0.25, -0.2) is 14.4 Å². The van der Waals surface area contributed by atoms with Gasteiger partial charge in [0.25, 0.3) is 11.9 Å². The third-order valence-electron chi connectivity index (χ3n) is 4.53. The molecule has 0 spiro atoms. The van der Waals surface area contributed by atoms with Gasteiger partial charge in [-0.05, 0) is 25.1 Å². The number of nitrogens with two attached hydrogens (primary N) is 1. The van der Waals surface area contributed by atoms with Crippen molar-refractivity contribution in [3.8, 4) is 0 Å². The predicted molar refractivity (Wildman–Crippen MR) is 101 cm³/mol. The third kappa shape index (κ3) is 4.31. The summed E-state index contributed by atoms with van der Waals surface area (Å²) in [4.78, 5) is 20.0. The van der Waals surface area contributed by atoms with Gasteiger partial charge >= 0.3 is 6.18 Å². The van der Waals surface area contributed by atoms with Crippen molar-refractivity contribution in [2.75, 3.05) is 0 Å². The van der Waals surface area contributed by atoms with Crippen molar-refractivity contribution in [1.29, 1.82) is 0 Å². The Balaban J connectivity index is 1.82. The lowest BCUT2D eigenvalue weighted by Crippen LogP contribution is -2.63. The number of amides is 1. The van der Waals surface area contributed by atoms with E-state index in [2.05, 4.69) is 25.3 Å². The van der Waals surface area contributed by atoms with Crippen LogP contribution in [0.2, 0.25) is 10.0 Å². The molecule has 1 aromatic rings. The van der Waals surface area contributed by atoms with E-state index in [1.54, 1.807) is 0 Å². The molecule has 1 amide bonds. The second kappa shape index (κ2) is 7.62. The van der Waals surface area contributed by atoms with E-state index in [-0.39, 0.29) is 21.6 Å². The van der Waals surface area contributed by atoms with Crippen LogP contribution in [0.1, 0.15) is 23.8 Å². The maximum Gasteiger partial charge on any atom is 0.425 e. The monoisotopic (exact) mass is 467 g/mol. The average Bonchev–Trinajstić information content (AvgIpc) is 2.60. The number of amidine groups is 1. The molecule has 0 aliphatic carbocycles. The topological polar surface area (TPSA) is 102 Å². The van der Waals surface area contributed by atoms with Crippen molar-refractivity contribution in [3.63, 3.8) is 0 Å². The Morgan fingerprint density at radius 3 is 2.77 bits per heavy atom. The van der Waals surface area contributed by atoms with Crippen LogP contribution in [-0.4, -0.2) is 40.5 Å². The van der Waals surface area contributed by atoms with Crippen LogP contribution < -0.4 is 16.4 Å². The first-order valence-corrected chi connectivity index (χ1v) is 9.16. The second-order valence-electron chi connectivity index (χ2n) is 6.79. The zero-order valence-corrected chi connectivity index (χ0v) is 16.7. The summed E-state index contributed by atoms with van der Waals surface area (Å²) >= 11 is 11.7. The molecule has 7 nitrogen and oxygen atoms in total. The fourth-order valence-electron chi connectivity index (χ4n) is 2.98. The first kappa shape index (κ1) is 22.2. The molecule has 1 unspecified atom stereocenters. The molecule has 3 rings (SSSR count). The minimum absolute atomic E-state index is 0.0414. The van der Waals surface area contributed by atoms with E-state index in [0.29, 0.717) is 0 Å². The number of carbonyl (C=O) groups excluding carboxylic acids is 1. The van der Waals surface area contributed by atoms with Crippen LogP contribution in [0.5, 0.6) is 0 Å². The van der Waals surface area contributed by atoms with Gasteiger partial charge in [0.2, 0.25) is 5.79 Å². The Labute approximate surface area is 178 Å². The molecule has 4 N–H and O–H groups in total. The molecule has 0 fully saturated rings. The molecule has 13 heteroatoms. The normalized spacial score (nSPS) is 28.7. The number of nitrogens with zero attached hydrogens (tertiary/aromatic N) is 2. The summed E-state index contributed by atoms with van der Waals surface area (Å²) < 4.78 is 59.8. The number of hydrogen-bond acceptors (Lipinski definition) is 6. The van der Waals surface area contributed by atoms with E-state index in [1.807, 2.05) is 0 Å². The molecule has 162 valence electrons. The number of rotatable bonds is 3. The molecule has 3 heterocycles. The van der Waals surface area contributed by atoms with Gasteiger partial charge in [-0.1, -0.05) is 29.3 Å². The first-order valence-electron chi connectivity index (χ1n) is 8.41. The minimum Gasteiger partial charge on any atom is -0.452 e. The number of halogens is 6. The molecular formula is C17H15Cl2F4N5O2. The number of alkyl halides is 4. The van der Waals surface area contributed by atoms with E-state index in [0.717, 1.165) is 13.0 Å². The average molecular weight is 468 g/mol. The Bertz CT molecular complexity index is 968. The van der Waals surface area contributed by atoms with E-state index >= 15 is 4.39 Å². The number of aliphatic imine (C=N–C) groups is 1. The summed E-state index contributed by atoms with van der Waals surface area (Å²) in [5.74, 6) is -3.57. The predicted octanol–water partition coefficient (Wildman–Crippen LogP) is 3.21. The summed E-state index contributed by atoms with van der Waals surface area (Å²) in [5.41, 5.74) is 3.20. The van der Waals surface area contributed by atoms with Crippen LogP contribution in [0.15, 0.2) is 41.3 Å². The van der Waals surface area contributed by atoms with Gasteiger partial charge in [-0.15, -0.1) is 0 Å². The van der Waals surface area contributed by atoms with Crippen LogP contribution in [0, 0.1) is 0 Å². The number of aromatic nitrogens is 1. The Morgan fingerprint density at radius 2 is 2.13 bits per heavy atom. The Kier molecular flexibility index (Phi) is 5.63. The first-order chi connectivity index (χ1) is 13.8. The van der Waals surface area contributed by atoms with E-state index < -0.39 is 42.0 Å². The molecule has 1 aromatic heterocycles. The zero-order chi connectivity index (χ0) is 22.3. The summed E-state index contributed by atoms with van der Waals surface area (Å²) in [7, 11) is 0. The largest absolute Gasteiger partial charge is 0.452 e. The van der Waals surface area contributed by atoms with Gasteiger partial charge in [-0.3, -0.25) is 4.79 Å². The third-order valence-corrected chi connectivity index (χ3v) is 5.02. The van der Waals surface area contributed by atoms with Gasteiger partial charge < -0.3 is 21.1 Å². The highest BCUT2D eigenvalue weighted by Gasteiger charge is 2.57. The Hall–Kier alpha value is -2.53. The van der Waals surface area contributed by atoms with Gasteiger partial charge in [0.15, 0.2) is 6.10 Å². The highest BCUT2D eigenvalue weighted by Crippen LogP contribution is 2.42. The van der Waals surface area contributed by atoms with Crippen LogP contribution >= 0.6 is 23.2 Å². The minimum atomic E-state index is -4.78. The fraction of sp³-hybridized carbons (Fsp3) is 0.353. The number of carbonyl (C=O) groups is 1. The van der Waals surface area contributed by atoms with Crippen molar-refractivity contribution in [2.45, 2.75) is 37.0 Å². The molecular weight excluding hydrogens is 453 g/mol. The number of hydrogen-bond donors (Lipinski definition) is 3. The van der Waals surface area contributed by atoms with Crippen molar-refractivity contribution in [1.82, 2.24) is 15.6 Å². The lowest BCUT2D eigenvalue weighted by molar-refractivity contribution is -0.211. The van der Waals surface area contributed by atoms with Crippen LogP contribution in [0.3, 0.4) is 0 Å². The van der Waals surface area contributed by atoms with Crippen molar-refractivity contribution >= 4 is 35.1 Å². The van der Waals surface area contributed by atoms with Gasteiger partial charge in [0, 0.05) is 12.6 Å². The SMILES string of the molecule is C[C@@]1(C2(F)C=CC=C(NC(=O)c3ncc(Cl)cc3Cl)N2)C[C@@H](C(F)(F)F)OC(N)=N1. The van der Waals surface area contributed by atoms with Crippen molar-refractivity contribution in [3.05, 3.63) is 52.1 Å². The smallest absolute Gasteiger partial charge is 0.425 e. The van der Waals surface area contributed by atoms with Gasteiger partial charge in [-0.2, -0.15) is 13.2 Å². The number of ether oxygens (including phenoxy) is 1. The highest BCUT2D eigenvalue weighted by molar-refractivity contribution is 6.36. The van der Waals surface area contributed by atoms with Crippen molar-refractivity contribution in [2.24, 2.45) is 10.7 Å². The number of allylic oxidation sites excluding steroid dienone is 2. The van der Waals surface area contributed by atoms with E-state index in [4.69, 9.17) is 28.9 Å². The number of pyridine rings is 1. The lowest BCUT2D eigenvalue weighted by atomic mass is 9.82. The van der Waals surface area contributed by atoms with Crippen molar-refractivity contribution < 1.29 is 27.1 Å². The van der Waals surface area contributed by atoms with Gasteiger partial charge in [0.1, 0.15) is 17.1 Å². The standard InChI is InChI=1S/C17H15Cl2F4N5O2/c1-15(6-10(17(21,22)23)30-14(24)28-15)16(20)4-2-3-11(27-16)26-13(29)12-9(19)5-8(18)7-25-12/h2-5,7,10,27H,6H2,1H3,(H2,24,28)(H,26,29)/t10-,15-,16?/m0/s1. The van der Waals surface area contributed by atoms with Crippen LogP contribution in [0.4, 0.5) is 17.6 Å². The molecule has 0 aromatic carbocycles. The molecule has 0 saturated carbocycles. The molecule has 30 heavy (non-hydrogen) atoms. The molecule has 0 radical (unpaired) electrons. The number of nitrogens with one attached hydrogen (secondary N) is 2. The number of dihydropyridines is 1. The van der Waals surface area contributed by atoms with Gasteiger partial charge in [0.05, 0.1) is 10.0 Å². The van der Waals surface area contributed by atoms with Crippen LogP contribution in [0.25, 0.3) is 0 Å². The quantitative estimate of drug-likeness (QED) is 0.467. The van der Waals surface area contributed by atoms with E-state index in [1.165, 1.54) is 24.4 Å². The maximum atomic E-state index is 15.8. The van der Waals surface area contributed by atoms with E-state index in [9.17, 15) is 18.0 Å². The summed E-state index contributed by atoms with van der Waals surface area (Å²) in [6, 6.07) is 0.501. The lowest BCUT2D eigenvalue weighted by Gasteiger charge is -2.44. The summed E-state index contributed by atoms with van der Waals surface area (Å²) in [6.45, 7) is 1.15. The molecule has 0 bridgehead atoms. The molecule has 3 atom stereocenters. The second-order valence-corrected chi connectivity index (χ2v) is 7.63. The van der Waals surface area contributed by atoms with Crippen LogP contribution in [-0.2, 0) is 4.74 Å².